The van der Waals surface area contributed by atoms with Crippen molar-refractivity contribution in [3.63, 3.8) is 0 Å². The molecule has 1 N–H and O–H groups in total. The van der Waals surface area contributed by atoms with Gasteiger partial charge in [-0.2, -0.15) is 0 Å². The summed E-state index contributed by atoms with van der Waals surface area (Å²) in [5.74, 6) is 2.39. The van der Waals surface area contributed by atoms with Gasteiger partial charge in [-0.25, -0.2) is 4.79 Å². The largest absolute Gasteiger partial charge is 0.444 e. The van der Waals surface area contributed by atoms with Gasteiger partial charge in [0, 0.05) is 45.8 Å². The van der Waals surface area contributed by atoms with Crippen LogP contribution < -0.4 is 5.32 Å². The summed E-state index contributed by atoms with van der Waals surface area (Å²) in [4.78, 5) is 24.4. The van der Waals surface area contributed by atoms with Gasteiger partial charge in [0.2, 0.25) is 0 Å². The van der Waals surface area contributed by atoms with Crippen LogP contribution >= 0.6 is 0 Å². The predicted molar refractivity (Wildman–Crippen MR) is 126 cm³/mol. The molecule has 0 spiro atoms. The summed E-state index contributed by atoms with van der Waals surface area (Å²) in [6, 6.07) is 0.266. The molecule has 1 amide bonds. The van der Waals surface area contributed by atoms with E-state index in [9.17, 15) is 4.79 Å². The Morgan fingerprint density at radius 2 is 1.81 bits per heavy atom. The van der Waals surface area contributed by atoms with Crippen molar-refractivity contribution < 1.29 is 9.53 Å². The Labute approximate surface area is 189 Å². The highest BCUT2D eigenvalue weighted by atomic mass is 16.6. The maximum absolute atomic E-state index is 12.9. The lowest BCUT2D eigenvalue weighted by Gasteiger charge is -2.40. The maximum atomic E-state index is 12.9. The van der Waals surface area contributed by atoms with E-state index < -0.39 is 5.60 Å². The predicted octanol–water partition coefficient (Wildman–Crippen LogP) is 3.41. The molecule has 1 aliphatic carbocycles. The van der Waals surface area contributed by atoms with Crippen molar-refractivity contribution in [1.82, 2.24) is 20.0 Å². The van der Waals surface area contributed by atoms with Crippen LogP contribution in [-0.2, 0) is 4.74 Å². The first-order valence-electron chi connectivity index (χ1n) is 12.5. The van der Waals surface area contributed by atoms with Gasteiger partial charge >= 0.3 is 6.09 Å². The lowest BCUT2D eigenvalue weighted by atomic mass is 10.0. The summed E-state index contributed by atoms with van der Waals surface area (Å²) in [5.41, 5.74) is -0.446. The number of piperidine rings is 1. The molecule has 0 aromatic heterocycles. The average molecular weight is 436 g/mol. The number of aliphatic imine (C=N–C) groups is 1. The van der Waals surface area contributed by atoms with Gasteiger partial charge in [-0.05, 0) is 84.2 Å². The van der Waals surface area contributed by atoms with Crippen LogP contribution in [0.4, 0.5) is 4.79 Å². The summed E-state index contributed by atoms with van der Waals surface area (Å²) < 4.78 is 5.73. The molecule has 3 fully saturated rings. The number of guanidine groups is 1. The minimum Gasteiger partial charge on any atom is -0.444 e. The standard InChI is InChI=1S/C24H45N5O2/c1-6-12-27-13-9-20(17-27)16-26-22(25-5)28-14-10-21(11-15-28)29(18-19-7-8-19)23(30)31-24(2,3)4/h19-21H,6-18H2,1-5H3,(H,25,26). The first-order valence-corrected chi connectivity index (χ1v) is 12.5. The zero-order valence-corrected chi connectivity index (χ0v) is 20.5. The van der Waals surface area contributed by atoms with Gasteiger partial charge in [-0.15, -0.1) is 0 Å². The molecule has 1 atom stereocenters. The number of carbonyl (C=O) groups excluding carboxylic acids is 1. The molecule has 2 saturated heterocycles. The van der Waals surface area contributed by atoms with Gasteiger partial charge < -0.3 is 24.8 Å². The highest BCUT2D eigenvalue weighted by Crippen LogP contribution is 2.32. The fraction of sp³-hybridized carbons (Fsp3) is 0.917. The first kappa shape index (κ1) is 24.1. The molecule has 2 aliphatic heterocycles. The molecule has 0 aromatic carbocycles. The summed E-state index contributed by atoms with van der Waals surface area (Å²) in [6.45, 7) is 15.5. The zero-order valence-electron chi connectivity index (χ0n) is 20.5. The molecule has 7 nitrogen and oxygen atoms in total. The summed E-state index contributed by atoms with van der Waals surface area (Å²) >= 11 is 0. The van der Waals surface area contributed by atoms with Gasteiger partial charge in [-0.3, -0.25) is 4.99 Å². The third-order valence-electron chi connectivity index (χ3n) is 6.66. The fourth-order valence-electron chi connectivity index (χ4n) is 4.83. The Morgan fingerprint density at radius 3 is 2.39 bits per heavy atom. The van der Waals surface area contributed by atoms with Crippen LogP contribution in [0.1, 0.15) is 66.2 Å². The Bertz CT molecular complexity index is 606. The molecule has 2 heterocycles. The average Bonchev–Trinajstić information content (AvgIpc) is 3.43. The summed E-state index contributed by atoms with van der Waals surface area (Å²) in [5, 5.41) is 3.63. The van der Waals surface area contributed by atoms with E-state index in [1.54, 1.807) is 0 Å². The fourth-order valence-corrected chi connectivity index (χ4v) is 4.83. The van der Waals surface area contributed by atoms with Crippen LogP contribution in [0.25, 0.3) is 0 Å². The molecule has 0 radical (unpaired) electrons. The number of hydrogen-bond acceptors (Lipinski definition) is 4. The van der Waals surface area contributed by atoms with Crippen LogP contribution in [0.5, 0.6) is 0 Å². The quantitative estimate of drug-likeness (QED) is 0.491. The van der Waals surface area contributed by atoms with Crippen molar-refractivity contribution in [2.45, 2.75) is 77.9 Å². The van der Waals surface area contributed by atoms with Crippen LogP contribution in [0.15, 0.2) is 4.99 Å². The molecule has 3 rings (SSSR count). The second-order valence-corrected chi connectivity index (χ2v) is 10.7. The van der Waals surface area contributed by atoms with Crippen molar-refractivity contribution in [3.05, 3.63) is 0 Å². The van der Waals surface area contributed by atoms with E-state index in [0.29, 0.717) is 11.8 Å². The number of nitrogens with zero attached hydrogens (tertiary/aromatic N) is 4. The Balaban J connectivity index is 1.47. The smallest absolute Gasteiger partial charge is 0.410 e. The van der Waals surface area contributed by atoms with Crippen molar-refractivity contribution in [2.75, 3.05) is 52.9 Å². The number of likely N-dealkylation sites (tertiary alicyclic amines) is 2. The van der Waals surface area contributed by atoms with E-state index in [0.717, 1.165) is 45.0 Å². The number of hydrogen-bond donors (Lipinski definition) is 1. The third kappa shape index (κ3) is 7.55. The van der Waals surface area contributed by atoms with Crippen molar-refractivity contribution in [1.29, 1.82) is 0 Å². The van der Waals surface area contributed by atoms with Crippen LogP contribution in [0.3, 0.4) is 0 Å². The SMILES string of the molecule is CCCN1CCC(CNC(=NC)N2CCC(N(CC3CC3)C(=O)OC(C)(C)C)CC2)C1. The first-order chi connectivity index (χ1) is 14.8. The van der Waals surface area contributed by atoms with Gasteiger partial charge in [0.05, 0.1) is 0 Å². The number of nitrogens with one attached hydrogen (secondary N) is 1. The van der Waals surface area contributed by atoms with E-state index in [4.69, 9.17) is 4.74 Å². The third-order valence-corrected chi connectivity index (χ3v) is 6.66. The second kappa shape index (κ2) is 10.9. The lowest BCUT2D eigenvalue weighted by Crippen LogP contribution is -2.53. The Hall–Kier alpha value is -1.50. The molecular formula is C24H45N5O2. The molecular weight excluding hydrogens is 390 g/mol. The summed E-state index contributed by atoms with van der Waals surface area (Å²) in [6.07, 6.45) is 6.80. The summed E-state index contributed by atoms with van der Waals surface area (Å²) in [7, 11) is 1.88. The molecule has 31 heavy (non-hydrogen) atoms. The Kier molecular flexibility index (Phi) is 8.48. The monoisotopic (exact) mass is 435 g/mol. The normalized spacial score (nSPS) is 23.8. The highest BCUT2D eigenvalue weighted by molar-refractivity contribution is 5.80. The van der Waals surface area contributed by atoms with Crippen LogP contribution in [-0.4, -0.2) is 91.3 Å². The molecule has 178 valence electrons. The van der Waals surface area contributed by atoms with Crippen LogP contribution in [0, 0.1) is 11.8 Å². The van der Waals surface area contributed by atoms with E-state index in [-0.39, 0.29) is 12.1 Å². The van der Waals surface area contributed by atoms with Gasteiger partial charge in [-0.1, -0.05) is 6.92 Å². The molecule has 7 heteroatoms. The van der Waals surface area contributed by atoms with Crippen molar-refractivity contribution in [2.24, 2.45) is 16.8 Å². The van der Waals surface area contributed by atoms with E-state index in [1.165, 1.54) is 45.3 Å². The van der Waals surface area contributed by atoms with Gasteiger partial charge in [0.25, 0.3) is 0 Å². The molecule has 3 aliphatic rings. The van der Waals surface area contributed by atoms with E-state index in [1.807, 2.05) is 32.7 Å². The number of amides is 1. The zero-order chi connectivity index (χ0) is 22.4. The van der Waals surface area contributed by atoms with Crippen LogP contribution in [0.2, 0.25) is 0 Å². The van der Waals surface area contributed by atoms with Gasteiger partial charge in [0.1, 0.15) is 5.60 Å². The van der Waals surface area contributed by atoms with Crippen molar-refractivity contribution >= 4 is 12.1 Å². The molecule has 1 unspecified atom stereocenters. The molecule has 0 bridgehead atoms. The maximum Gasteiger partial charge on any atom is 0.410 e. The molecule has 0 aromatic rings. The van der Waals surface area contributed by atoms with E-state index >= 15 is 0 Å². The topological polar surface area (TPSA) is 60.4 Å². The number of rotatable bonds is 7. The lowest BCUT2D eigenvalue weighted by molar-refractivity contribution is 0.00928. The number of carbonyl (C=O) groups is 1. The van der Waals surface area contributed by atoms with E-state index in [2.05, 4.69) is 27.0 Å². The second-order valence-electron chi connectivity index (χ2n) is 10.7. The van der Waals surface area contributed by atoms with Crippen molar-refractivity contribution in [3.8, 4) is 0 Å². The molecule has 1 saturated carbocycles. The number of ether oxygens (including phenoxy) is 1. The van der Waals surface area contributed by atoms with Gasteiger partial charge in [0.15, 0.2) is 5.96 Å². The minimum atomic E-state index is -0.446. The Morgan fingerprint density at radius 1 is 1.10 bits per heavy atom. The highest BCUT2D eigenvalue weighted by Gasteiger charge is 2.35. The minimum absolute atomic E-state index is 0.141.